The van der Waals surface area contributed by atoms with Crippen LogP contribution in [0.5, 0.6) is 0 Å². The number of aliphatic hydroxyl groups is 1. The predicted molar refractivity (Wildman–Crippen MR) is 239 cm³/mol. The lowest BCUT2D eigenvalue weighted by Gasteiger charge is -2.37. The number of rotatable bonds is 19. The van der Waals surface area contributed by atoms with E-state index in [0.29, 0.717) is 39.3 Å². The van der Waals surface area contributed by atoms with E-state index in [1.165, 1.54) is 66.6 Å². The molecule has 6 aromatic rings. The summed E-state index contributed by atoms with van der Waals surface area (Å²) < 4.78 is 20.5. The number of likely N-dealkylation sites (tertiary alicyclic amines) is 2. The summed E-state index contributed by atoms with van der Waals surface area (Å²) in [6, 6.07) is 26.0. The maximum absolute atomic E-state index is 11.7. The van der Waals surface area contributed by atoms with Crippen molar-refractivity contribution in [1.29, 1.82) is 0 Å². The summed E-state index contributed by atoms with van der Waals surface area (Å²) in [5, 5.41) is 27.8. The number of β-amino-alcohol motifs (C(OH)–C–C–N with tert-alkyl or cyclic N) is 1. The minimum atomic E-state index is -0.815. The third-order valence-electron chi connectivity index (χ3n) is 10.2. The topological polar surface area (TPSA) is 109 Å². The van der Waals surface area contributed by atoms with Crippen LogP contribution in [0, 0.1) is 5.92 Å². The van der Waals surface area contributed by atoms with E-state index in [1.54, 1.807) is 38.9 Å². The van der Waals surface area contributed by atoms with Crippen LogP contribution in [0.3, 0.4) is 0 Å². The standard InChI is InChI=1S/C17H23NOS.C16H19NO3S.C13H14O3S/c1-14-12-18(13-14)7-2-8-19-9-5-15-3-4-17-16(11-15)6-10-20-17;18-14-10-17(11-14)16(19)4-7-20-6-3-12-1-2-15-13(9-12)5-8-21-15;14-13(15)4-7-16-6-3-10-1-2-12-11(9-10)5-8-17-12/h3-4,6,10-11,14H,2,5,7-9,12-13H2,1H3;1-2,5,8-9,14,18H,3-4,6-7,10-11H2;1-2,5,8-9H,3-4,6-7H2,(H,14,15). The molecule has 2 aliphatic rings. The maximum Gasteiger partial charge on any atom is 0.305 e. The quantitative estimate of drug-likeness (QED) is 0.0780. The van der Waals surface area contributed by atoms with Gasteiger partial charge in [0.15, 0.2) is 0 Å². The fraction of sp³-hybridized carbons (Fsp3) is 0.435. The third kappa shape index (κ3) is 14.2. The highest BCUT2D eigenvalue weighted by Crippen LogP contribution is 2.24. The zero-order valence-electron chi connectivity index (χ0n) is 33.4. The molecular weight excluding hydrogens is 789 g/mol. The fourth-order valence-electron chi connectivity index (χ4n) is 6.93. The lowest BCUT2D eigenvalue weighted by Crippen LogP contribution is -2.53. The molecule has 0 radical (unpaired) electrons. The number of aliphatic hydroxyl groups excluding tert-OH is 1. The van der Waals surface area contributed by atoms with Crippen molar-refractivity contribution in [3.63, 3.8) is 0 Å². The molecule has 8 rings (SSSR count). The van der Waals surface area contributed by atoms with E-state index in [2.05, 4.69) is 101 Å². The first-order valence-electron chi connectivity index (χ1n) is 20.3. The van der Waals surface area contributed by atoms with E-state index in [-0.39, 0.29) is 25.0 Å². The molecule has 310 valence electrons. The molecule has 3 aromatic carbocycles. The van der Waals surface area contributed by atoms with E-state index in [9.17, 15) is 9.59 Å². The van der Waals surface area contributed by atoms with Crippen LogP contribution in [-0.4, -0.2) is 110 Å². The average Bonchev–Trinajstić information content (AvgIpc) is 3.98. The van der Waals surface area contributed by atoms with Gasteiger partial charge in [-0.15, -0.1) is 34.0 Å². The van der Waals surface area contributed by atoms with Crippen molar-refractivity contribution in [1.82, 2.24) is 9.80 Å². The zero-order valence-corrected chi connectivity index (χ0v) is 35.8. The Balaban J connectivity index is 0.000000148. The minimum absolute atomic E-state index is 0.0694. The summed E-state index contributed by atoms with van der Waals surface area (Å²) in [5.41, 5.74) is 3.87. The Bertz CT molecular complexity index is 2150. The fourth-order valence-corrected chi connectivity index (χ4v) is 9.24. The molecule has 0 atom stereocenters. The van der Waals surface area contributed by atoms with E-state index >= 15 is 0 Å². The molecule has 3 aromatic heterocycles. The molecular formula is C46H56N2O7S3. The number of hydrogen-bond donors (Lipinski definition) is 2. The molecule has 12 heteroatoms. The van der Waals surface area contributed by atoms with Gasteiger partial charge in [0, 0.05) is 53.4 Å². The molecule has 0 bridgehead atoms. The molecule has 58 heavy (non-hydrogen) atoms. The van der Waals surface area contributed by atoms with Crippen LogP contribution >= 0.6 is 34.0 Å². The van der Waals surface area contributed by atoms with Gasteiger partial charge in [0.1, 0.15) is 0 Å². The summed E-state index contributed by atoms with van der Waals surface area (Å²) in [7, 11) is 0. The number of fused-ring (bicyclic) bond motifs is 3. The predicted octanol–water partition coefficient (Wildman–Crippen LogP) is 8.79. The van der Waals surface area contributed by atoms with Crippen LogP contribution in [-0.2, 0) is 43.1 Å². The van der Waals surface area contributed by atoms with Gasteiger partial charge >= 0.3 is 5.97 Å². The molecule has 2 fully saturated rings. The Morgan fingerprint density at radius 3 is 1.50 bits per heavy atom. The van der Waals surface area contributed by atoms with E-state index < -0.39 is 5.97 Å². The van der Waals surface area contributed by atoms with Crippen LogP contribution in [0.2, 0.25) is 0 Å². The van der Waals surface area contributed by atoms with Gasteiger partial charge in [0.05, 0.1) is 52.0 Å². The lowest BCUT2D eigenvalue weighted by atomic mass is 10.0. The number of nitrogens with zero attached hydrogens (tertiary/aromatic N) is 2. The van der Waals surface area contributed by atoms with Crippen LogP contribution in [0.1, 0.15) is 42.9 Å². The first-order chi connectivity index (χ1) is 28.3. The Morgan fingerprint density at radius 2 is 1.07 bits per heavy atom. The zero-order chi connectivity index (χ0) is 40.5. The summed E-state index contributed by atoms with van der Waals surface area (Å²) >= 11 is 5.29. The molecule has 2 aliphatic heterocycles. The second-order valence-corrected chi connectivity index (χ2v) is 17.9. The second-order valence-electron chi connectivity index (χ2n) is 15.0. The molecule has 0 spiro atoms. The van der Waals surface area contributed by atoms with Crippen molar-refractivity contribution in [2.45, 2.75) is 51.6 Å². The third-order valence-corrected chi connectivity index (χ3v) is 12.9. The number of carboxylic acids is 1. The number of carboxylic acid groups (broad SMARTS) is 1. The number of carbonyl (C=O) groups is 2. The molecule has 0 aliphatic carbocycles. The summed E-state index contributed by atoms with van der Waals surface area (Å²) in [6.45, 7) is 10.7. The summed E-state index contributed by atoms with van der Waals surface area (Å²) in [4.78, 5) is 26.1. The number of thiophene rings is 3. The molecule has 0 saturated carbocycles. The Hall–Kier alpha value is -3.72. The van der Waals surface area contributed by atoms with Gasteiger partial charge in [0.2, 0.25) is 5.91 Å². The van der Waals surface area contributed by atoms with Gasteiger partial charge in [-0.25, -0.2) is 0 Å². The largest absolute Gasteiger partial charge is 0.481 e. The molecule has 2 saturated heterocycles. The second kappa shape index (κ2) is 23.2. The van der Waals surface area contributed by atoms with E-state index in [4.69, 9.17) is 24.4 Å². The lowest BCUT2D eigenvalue weighted by molar-refractivity contribution is -0.142. The van der Waals surface area contributed by atoms with Crippen LogP contribution in [0.15, 0.2) is 88.9 Å². The number of carbonyl (C=O) groups excluding carboxylic acids is 1. The van der Waals surface area contributed by atoms with Gasteiger partial charge in [-0.2, -0.15) is 0 Å². The molecule has 1 amide bonds. The van der Waals surface area contributed by atoms with Gasteiger partial charge in [-0.1, -0.05) is 43.3 Å². The van der Waals surface area contributed by atoms with Crippen LogP contribution in [0.4, 0.5) is 0 Å². The van der Waals surface area contributed by atoms with Crippen molar-refractivity contribution in [3.05, 3.63) is 106 Å². The Labute approximate surface area is 353 Å². The monoisotopic (exact) mass is 844 g/mol. The van der Waals surface area contributed by atoms with E-state index in [0.717, 1.165) is 44.8 Å². The van der Waals surface area contributed by atoms with Crippen molar-refractivity contribution in [2.75, 3.05) is 72.4 Å². The van der Waals surface area contributed by atoms with Crippen LogP contribution in [0.25, 0.3) is 30.3 Å². The Kier molecular flexibility index (Phi) is 17.5. The van der Waals surface area contributed by atoms with Crippen molar-refractivity contribution in [2.24, 2.45) is 5.92 Å². The normalized spacial score (nSPS) is 14.5. The minimum Gasteiger partial charge on any atom is -0.481 e. The van der Waals surface area contributed by atoms with Crippen molar-refractivity contribution >= 4 is 76.1 Å². The van der Waals surface area contributed by atoms with Gasteiger partial charge in [0.25, 0.3) is 0 Å². The first kappa shape index (κ1) is 43.8. The number of ether oxygens (including phenoxy) is 3. The summed E-state index contributed by atoms with van der Waals surface area (Å²) in [6.07, 6.45) is 4.01. The first-order valence-corrected chi connectivity index (χ1v) is 22.9. The summed E-state index contributed by atoms with van der Waals surface area (Å²) in [5.74, 6) is 0.160. The van der Waals surface area contributed by atoms with E-state index in [1.807, 2.05) is 0 Å². The maximum atomic E-state index is 11.7. The number of hydrogen-bond acceptors (Lipinski definition) is 10. The van der Waals surface area contributed by atoms with Gasteiger partial charge in [-0.3, -0.25) is 9.59 Å². The molecule has 2 N–H and O–H groups in total. The van der Waals surface area contributed by atoms with Gasteiger partial charge < -0.3 is 34.2 Å². The smallest absolute Gasteiger partial charge is 0.305 e. The number of amides is 1. The number of benzene rings is 3. The molecule has 0 unspecified atom stereocenters. The number of aliphatic carboxylic acids is 1. The SMILES string of the molecule is CC1CN(CCCOCCc2ccc3sccc3c2)C1.O=C(CCOCCc1ccc2sccc2c1)N1CC(O)C1.O=C(O)CCOCCc1ccc2sccc2c1. The van der Waals surface area contributed by atoms with Crippen LogP contribution < -0.4 is 0 Å². The van der Waals surface area contributed by atoms with Crippen molar-refractivity contribution in [3.8, 4) is 0 Å². The molecule has 9 nitrogen and oxygen atoms in total. The highest BCUT2D eigenvalue weighted by Gasteiger charge is 2.28. The molecule has 5 heterocycles. The highest BCUT2D eigenvalue weighted by molar-refractivity contribution is 7.17. The van der Waals surface area contributed by atoms with Crippen molar-refractivity contribution < 1.29 is 34.0 Å². The highest BCUT2D eigenvalue weighted by atomic mass is 32.1. The van der Waals surface area contributed by atoms with Gasteiger partial charge in [-0.05, 0) is 117 Å². The Morgan fingerprint density at radius 1 is 0.621 bits per heavy atom. The average molecular weight is 845 g/mol.